The van der Waals surface area contributed by atoms with Crippen molar-refractivity contribution in [2.24, 2.45) is 0 Å². The summed E-state index contributed by atoms with van der Waals surface area (Å²) in [6.07, 6.45) is 3.05. The highest BCUT2D eigenvalue weighted by Crippen LogP contribution is 2.29. The number of hydrogen-bond acceptors (Lipinski definition) is 5. The molecule has 0 aliphatic heterocycles. The smallest absolute Gasteiger partial charge is 0.161 e. The van der Waals surface area contributed by atoms with Crippen LogP contribution in [0.5, 0.6) is 17.2 Å². The topological polar surface area (TPSA) is 39.7 Å². The Labute approximate surface area is 161 Å². The number of rotatable bonds is 11. The normalized spacial score (nSPS) is 11.8. The molecule has 1 N–H and O–H groups in total. The minimum Gasteiger partial charge on any atom is -0.493 e. The Morgan fingerprint density at radius 1 is 1.04 bits per heavy atom. The highest BCUT2D eigenvalue weighted by molar-refractivity contribution is 7.98. The molecule has 4 nitrogen and oxygen atoms in total. The Morgan fingerprint density at radius 2 is 1.81 bits per heavy atom. The summed E-state index contributed by atoms with van der Waals surface area (Å²) in [5.41, 5.74) is 1.31. The molecule has 1 unspecified atom stereocenters. The fraction of sp³-hybridized carbons (Fsp3) is 0.429. The quantitative estimate of drug-likeness (QED) is 0.465. The minimum absolute atomic E-state index is 0.365. The molecule has 0 amide bonds. The predicted octanol–water partition coefficient (Wildman–Crippen LogP) is 4.42. The second kappa shape index (κ2) is 11.0. The van der Waals surface area contributed by atoms with Crippen LogP contribution < -0.4 is 19.5 Å². The number of para-hydroxylation sites is 2. The molecule has 5 heteroatoms. The van der Waals surface area contributed by atoms with Crippen LogP contribution in [0.25, 0.3) is 0 Å². The first-order valence-electron chi connectivity index (χ1n) is 8.96. The van der Waals surface area contributed by atoms with Crippen LogP contribution in [0.1, 0.15) is 19.4 Å². The first-order valence-corrected chi connectivity index (χ1v) is 10.2. The maximum Gasteiger partial charge on any atom is 0.161 e. The van der Waals surface area contributed by atoms with Gasteiger partial charge in [0.1, 0.15) is 12.4 Å². The molecular weight excluding hydrogens is 346 g/mol. The molecule has 0 fully saturated rings. The van der Waals surface area contributed by atoms with Gasteiger partial charge in [-0.1, -0.05) is 18.2 Å². The van der Waals surface area contributed by atoms with E-state index in [0.717, 1.165) is 30.2 Å². The van der Waals surface area contributed by atoms with Gasteiger partial charge in [0.2, 0.25) is 0 Å². The van der Waals surface area contributed by atoms with E-state index in [9.17, 15) is 0 Å². The average molecular weight is 376 g/mol. The van der Waals surface area contributed by atoms with Crippen LogP contribution in [0, 0.1) is 0 Å². The van der Waals surface area contributed by atoms with Gasteiger partial charge in [-0.15, -0.1) is 11.8 Å². The van der Waals surface area contributed by atoms with Crippen LogP contribution in [-0.4, -0.2) is 39.2 Å². The summed E-state index contributed by atoms with van der Waals surface area (Å²) in [6, 6.07) is 14.5. The summed E-state index contributed by atoms with van der Waals surface area (Å²) in [6.45, 7) is 6.28. The number of nitrogens with one attached hydrogen (secondary N) is 1. The van der Waals surface area contributed by atoms with Crippen LogP contribution in [0.3, 0.4) is 0 Å². The molecule has 2 aromatic rings. The summed E-state index contributed by atoms with van der Waals surface area (Å²) in [4.78, 5) is 1.19. The summed E-state index contributed by atoms with van der Waals surface area (Å²) in [5, 5.41) is 3.51. The van der Waals surface area contributed by atoms with E-state index < -0.39 is 0 Å². The number of methoxy groups -OCH3 is 1. The highest BCUT2D eigenvalue weighted by Gasteiger charge is 2.08. The molecule has 0 heterocycles. The van der Waals surface area contributed by atoms with Crippen LogP contribution in [0.2, 0.25) is 0 Å². The SMILES string of the molecule is CCOc1ccc(CC(C)NCCOc2ccccc2OC)cc1SC. The lowest BCUT2D eigenvalue weighted by molar-refractivity contribution is 0.287. The third-order valence-electron chi connectivity index (χ3n) is 3.99. The summed E-state index contributed by atoms with van der Waals surface area (Å²) >= 11 is 1.72. The van der Waals surface area contributed by atoms with Crippen LogP contribution >= 0.6 is 11.8 Å². The Bertz CT molecular complexity index is 678. The van der Waals surface area contributed by atoms with Gasteiger partial charge in [0.15, 0.2) is 11.5 Å². The maximum atomic E-state index is 5.80. The number of thioether (sulfide) groups is 1. The van der Waals surface area contributed by atoms with Crippen molar-refractivity contribution in [2.75, 3.05) is 33.1 Å². The molecule has 0 spiro atoms. The fourth-order valence-electron chi connectivity index (χ4n) is 2.74. The molecule has 26 heavy (non-hydrogen) atoms. The van der Waals surface area contributed by atoms with Crippen molar-refractivity contribution >= 4 is 11.8 Å². The molecule has 0 saturated carbocycles. The molecule has 1 atom stereocenters. The first kappa shape index (κ1) is 20.5. The Hall–Kier alpha value is -1.85. The molecule has 0 aliphatic carbocycles. The summed E-state index contributed by atoms with van der Waals surface area (Å²) in [7, 11) is 1.65. The maximum absolute atomic E-state index is 5.80. The lowest BCUT2D eigenvalue weighted by atomic mass is 10.1. The van der Waals surface area contributed by atoms with Gasteiger partial charge in [-0.3, -0.25) is 0 Å². The van der Waals surface area contributed by atoms with Crippen LogP contribution in [0.15, 0.2) is 47.4 Å². The standard InChI is InChI=1S/C21H29NO3S/c1-5-24-20-11-10-17(15-21(20)26-4)14-16(2)22-12-13-25-19-9-7-6-8-18(19)23-3/h6-11,15-16,22H,5,12-14H2,1-4H3. The predicted molar refractivity (Wildman–Crippen MR) is 109 cm³/mol. The second-order valence-corrected chi connectivity index (χ2v) is 6.82. The third kappa shape index (κ3) is 6.15. The van der Waals surface area contributed by atoms with Gasteiger partial charge in [0.05, 0.1) is 13.7 Å². The van der Waals surface area contributed by atoms with Crippen molar-refractivity contribution in [1.82, 2.24) is 5.32 Å². The minimum atomic E-state index is 0.365. The van der Waals surface area contributed by atoms with Gasteiger partial charge in [0.25, 0.3) is 0 Å². The number of hydrogen-bond donors (Lipinski definition) is 1. The zero-order chi connectivity index (χ0) is 18.8. The first-order chi connectivity index (χ1) is 12.7. The van der Waals surface area contributed by atoms with Gasteiger partial charge in [-0.25, -0.2) is 0 Å². The molecule has 0 radical (unpaired) electrons. The van der Waals surface area contributed by atoms with Crippen LogP contribution in [0.4, 0.5) is 0 Å². The van der Waals surface area contributed by atoms with Gasteiger partial charge in [-0.2, -0.15) is 0 Å². The molecule has 0 bridgehead atoms. The number of benzene rings is 2. The second-order valence-electron chi connectivity index (χ2n) is 5.98. The molecular formula is C21H29NO3S. The van der Waals surface area contributed by atoms with Crippen molar-refractivity contribution in [3.63, 3.8) is 0 Å². The van der Waals surface area contributed by atoms with Crippen LogP contribution in [-0.2, 0) is 6.42 Å². The lowest BCUT2D eigenvalue weighted by Gasteiger charge is -2.16. The molecule has 0 aromatic heterocycles. The third-order valence-corrected chi connectivity index (χ3v) is 4.75. The molecule has 0 saturated heterocycles. The van der Waals surface area contributed by atoms with Crippen molar-refractivity contribution in [3.8, 4) is 17.2 Å². The Kier molecular flexibility index (Phi) is 8.65. The lowest BCUT2D eigenvalue weighted by Crippen LogP contribution is -2.31. The van der Waals surface area contributed by atoms with Gasteiger partial charge in [-0.05, 0) is 56.4 Å². The zero-order valence-corrected chi connectivity index (χ0v) is 16.9. The van der Waals surface area contributed by atoms with Crippen molar-refractivity contribution in [2.45, 2.75) is 31.2 Å². The van der Waals surface area contributed by atoms with Crippen molar-refractivity contribution < 1.29 is 14.2 Å². The zero-order valence-electron chi connectivity index (χ0n) is 16.1. The van der Waals surface area contributed by atoms with E-state index in [2.05, 4.69) is 36.7 Å². The molecule has 2 aromatic carbocycles. The monoisotopic (exact) mass is 375 g/mol. The van der Waals surface area contributed by atoms with E-state index in [0.29, 0.717) is 19.3 Å². The largest absolute Gasteiger partial charge is 0.493 e. The van der Waals surface area contributed by atoms with Crippen molar-refractivity contribution in [1.29, 1.82) is 0 Å². The van der Waals surface area contributed by atoms with E-state index in [1.54, 1.807) is 18.9 Å². The molecule has 2 rings (SSSR count). The fourth-order valence-corrected chi connectivity index (χ4v) is 3.34. The van der Waals surface area contributed by atoms with E-state index >= 15 is 0 Å². The van der Waals surface area contributed by atoms with E-state index in [4.69, 9.17) is 14.2 Å². The van der Waals surface area contributed by atoms with E-state index in [1.807, 2.05) is 31.2 Å². The highest BCUT2D eigenvalue weighted by atomic mass is 32.2. The number of ether oxygens (including phenoxy) is 3. The van der Waals surface area contributed by atoms with Gasteiger partial charge in [0, 0.05) is 17.5 Å². The molecule has 142 valence electrons. The summed E-state index contributed by atoms with van der Waals surface area (Å²) in [5.74, 6) is 2.51. The van der Waals surface area contributed by atoms with Gasteiger partial charge < -0.3 is 19.5 Å². The van der Waals surface area contributed by atoms with E-state index in [1.165, 1.54) is 10.5 Å². The van der Waals surface area contributed by atoms with Gasteiger partial charge >= 0.3 is 0 Å². The van der Waals surface area contributed by atoms with Crippen molar-refractivity contribution in [3.05, 3.63) is 48.0 Å². The molecule has 0 aliphatic rings. The van der Waals surface area contributed by atoms with E-state index in [-0.39, 0.29) is 0 Å². The Balaban J connectivity index is 1.79. The summed E-state index contributed by atoms with van der Waals surface area (Å²) < 4.78 is 16.8. The average Bonchev–Trinajstić information content (AvgIpc) is 2.67. The Morgan fingerprint density at radius 3 is 2.50 bits per heavy atom.